The van der Waals surface area contributed by atoms with E-state index in [0.717, 1.165) is 5.56 Å². The number of benzene rings is 2. The van der Waals surface area contributed by atoms with E-state index in [1.165, 1.54) is 18.2 Å². The Balaban J connectivity index is 2.03. The van der Waals surface area contributed by atoms with Gasteiger partial charge in [0.1, 0.15) is 5.82 Å². The summed E-state index contributed by atoms with van der Waals surface area (Å²) in [4.78, 5) is 0. The maximum Gasteiger partial charge on any atom is 0.164 e. The van der Waals surface area contributed by atoms with Crippen LogP contribution in [0.1, 0.15) is 12.5 Å². The zero-order valence-electron chi connectivity index (χ0n) is 10.5. The maximum absolute atomic E-state index is 13.7. The van der Waals surface area contributed by atoms with Gasteiger partial charge < -0.3 is 5.32 Å². The third-order valence-electron chi connectivity index (χ3n) is 2.81. The second-order valence-corrected chi connectivity index (χ2v) is 4.88. The molecule has 0 spiro atoms. The summed E-state index contributed by atoms with van der Waals surface area (Å²) in [6, 6.07) is 11.1. The summed E-state index contributed by atoms with van der Waals surface area (Å²) in [6.07, 6.45) is 0.673. The van der Waals surface area contributed by atoms with Crippen molar-refractivity contribution in [2.45, 2.75) is 19.4 Å². The smallest absolute Gasteiger partial charge is 0.164 e. The van der Waals surface area contributed by atoms with Crippen LogP contribution in [0.25, 0.3) is 0 Å². The summed E-state index contributed by atoms with van der Waals surface area (Å²) in [5.74, 6) is -0.708. The topological polar surface area (TPSA) is 12.0 Å². The lowest BCUT2D eigenvalue weighted by Gasteiger charge is -2.16. The van der Waals surface area contributed by atoms with E-state index in [4.69, 9.17) is 11.6 Å². The van der Waals surface area contributed by atoms with Crippen LogP contribution in [0.5, 0.6) is 0 Å². The Kier molecular flexibility index (Phi) is 4.38. The zero-order chi connectivity index (χ0) is 13.8. The number of halogens is 3. The molecule has 0 bridgehead atoms. The Morgan fingerprint density at radius 1 is 1.11 bits per heavy atom. The zero-order valence-corrected chi connectivity index (χ0v) is 11.2. The second-order valence-electron chi connectivity index (χ2n) is 4.48. The summed E-state index contributed by atoms with van der Waals surface area (Å²) < 4.78 is 26.5. The minimum atomic E-state index is -0.449. The summed E-state index contributed by atoms with van der Waals surface area (Å²) >= 11 is 5.72. The van der Waals surface area contributed by atoms with Crippen LogP contribution in [0.15, 0.2) is 42.5 Å². The van der Waals surface area contributed by atoms with Gasteiger partial charge in [-0.1, -0.05) is 29.8 Å². The van der Waals surface area contributed by atoms with Gasteiger partial charge in [-0.2, -0.15) is 0 Å². The molecular formula is C15H14ClF2N. The van der Waals surface area contributed by atoms with Crippen LogP contribution >= 0.6 is 11.6 Å². The van der Waals surface area contributed by atoms with Gasteiger partial charge in [0, 0.05) is 6.04 Å². The maximum atomic E-state index is 13.7. The number of anilines is 1. The molecule has 0 aromatic heterocycles. The molecule has 0 aliphatic heterocycles. The van der Waals surface area contributed by atoms with Crippen LogP contribution in [0.3, 0.4) is 0 Å². The van der Waals surface area contributed by atoms with Crippen molar-refractivity contribution in [1.82, 2.24) is 0 Å². The first-order valence-electron chi connectivity index (χ1n) is 6.01. The van der Waals surface area contributed by atoms with Crippen molar-refractivity contribution in [3.8, 4) is 0 Å². The summed E-state index contributed by atoms with van der Waals surface area (Å²) in [7, 11) is 0. The molecule has 0 amide bonds. The Morgan fingerprint density at radius 2 is 1.79 bits per heavy atom. The Hall–Kier alpha value is -1.61. The number of nitrogens with one attached hydrogen (secondary N) is 1. The summed E-state index contributed by atoms with van der Waals surface area (Å²) in [6.45, 7) is 1.93. The molecule has 1 nitrogen and oxygen atoms in total. The fourth-order valence-corrected chi connectivity index (χ4v) is 2.08. The lowest BCUT2D eigenvalue weighted by Crippen LogP contribution is -2.18. The van der Waals surface area contributed by atoms with Crippen molar-refractivity contribution in [1.29, 1.82) is 0 Å². The van der Waals surface area contributed by atoms with E-state index in [9.17, 15) is 8.78 Å². The van der Waals surface area contributed by atoms with E-state index < -0.39 is 5.82 Å². The molecular weight excluding hydrogens is 268 g/mol. The highest BCUT2D eigenvalue weighted by Crippen LogP contribution is 2.23. The number of hydrogen-bond donors (Lipinski definition) is 1. The van der Waals surface area contributed by atoms with Crippen LogP contribution < -0.4 is 5.32 Å². The minimum absolute atomic E-state index is 0.0124. The van der Waals surface area contributed by atoms with Crippen LogP contribution in [0.4, 0.5) is 14.5 Å². The van der Waals surface area contributed by atoms with Crippen molar-refractivity contribution in [3.63, 3.8) is 0 Å². The molecule has 19 heavy (non-hydrogen) atoms. The van der Waals surface area contributed by atoms with Crippen molar-refractivity contribution in [2.75, 3.05) is 5.32 Å². The van der Waals surface area contributed by atoms with Gasteiger partial charge in [0.25, 0.3) is 0 Å². The molecule has 4 heteroatoms. The molecule has 0 radical (unpaired) electrons. The monoisotopic (exact) mass is 281 g/mol. The van der Waals surface area contributed by atoms with Crippen molar-refractivity contribution >= 4 is 17.3 Å². The first-order valence-corrected chi connectivity index (χ1v) is 6.39. The largest absolute Gasteiger partial charge is 0.380 e. The average Bonchev–Trinajstić information content (AvgIpc) is 2.38. The SMILES string of the molecule is CC(Cc1ccc(F)cc1)Nc1cccc(Cl)c1F. The van der Waals surface area contributed by atoms with E-state index in [-0.39, 0.29) is 16.9 Å². The van der Waals surface area contributed by atoms with E-state index in [0.29, 0.717) is 12.1 Å². The van der Waals surface area contributed by atoms with Crippen LogP contribution in [-0.2, 0) is 6.42 Å². The molecule has 0 aliphatic carbocycles. The Bertz CT molecular complexity index is 555. The molecule has 2 rings (SSSR count). The molecule has 0 fully saturated rings. The first-order chi connectivity index (χ1) is 9.06. The van der Waals surface area contributed by atoms with Crippen molar-refractivity contribution in [3.05, 3.63) is 64.7 Å². The molecule has 0 saturated carbocycles. The Morgan fingerprint density at radius 3 is 2.47 bits per heavy atom. The van der Waals surface area contributed by atoms with Crippen molar-refractivity contribution in [2.24, 2.45) is 0 Å². The minimum Gasteiger partial charge on any atom is -0.380 e. The molecule has 0 aliphatic rings. The van der Waals surface area contributed by atoms with Crippen molar-refractivity contribution < 1.29 is 8.78 Å². The first kappa shape index (κ1) is 13.8. The summed E-state index contributed by atoms with van der Waals surface area (Å²) in [5.41, 5.74) is 1.37. The molecule has 100 valence electrons. The lowest BCUT2D eigenvalue weighted by molar-refractivity contribution is 0.624. The molecule has 2 aromatic rings. The average molecular weight is 282 g/mol. The van der Waals surface area contributed by atoms with Gasteiger partial charge in [-0.15, -0.1) is 0 Å². The van der Waals surface area contributed by atoms with E-state index in [2.05, 4.69) is 5.32 Å². The quantitative estimate of drug-likeness (QED) is 0.859. The number of rotatable bonds is 4. The highest BCUT2D eigenvalue weighted by molar-refractivity contribution is 6.31. The highest BCUT2D eigenvalue weighted by atomic mass is 35.5. The molecule has 1 atom stereocenters. The molecule has 1 unspecified atom stereocenters. The van der Waals surface area contributed by atoms with E-state index in [1.807, 2.05) is 6.92 Å². The Labute approximate surface area is 116 Å². The fourth-order valence-electron chi connectivity index (χ4n) is 1.91. The van der Waals surface area contributed by atoms with Gasteiger partial charge in [-0.05, 0) is 43.2 Å². The third kappa shape index (κ3) is 3.67. The van der Waals surface area contributed by atoms with Crippen LogP contribution in [0, 0.1) is 11.6 Å². The molecule has 1 N–H and O–H groups in total. The predicted molar refractivity (Wildman–Crippen MR) is 74.6 cm³/mol. The van der Waals surface area contributed by atoms with Crippen LogP contribution in [-0.4, -0.2) is 6.04 Å². The van der Waals surface area contributed by atoms with Gasteiger partial charge >= 0.3 is 0 Å². The lowest BCUT2D eigenvalue weighted by atomic mass is 10.1. The van der Waals surface area contributed by atoms with Gasteiger partial charge in [0.15, 0.2) is 5.82 Å². The molecule has 0 heterocycles. The van der Waals surface area contributed by atoms with Gasteiger partial charge in [-0.3, -0.25) is 0 Å². The fraction of sp³-hybridized carbons (Fsp3) is 0.200. The van der Waals surface area contributed by atoms with Gasteiger partial charge in [0.05, 0.1) is 10.7 Å². The van der Waals surface area contributed by atoms with E-state index >= 15 is 0 Å². The van der Waals surface area contributed by atoms with E-state index in [1.54, 1.807) is 24.3 Å². The van der Waals surface area contributed by atoms with Gasteiger partial charge in [0.2, 0.25) is 0 Å². The van der Waals surface area contributed by atoms with Gasteiger partial charge in [-0.25, -0.2) is 8.78 Å². The predicted octanol–water partition coefficient (Wildman–Crippen LogP) is 4.66. The standard InChI is InChI=1S/C15H14ClF2N/c1-10(9-11-5-7-12(17)8-6-11)19-14-4-2-3-13(16)15(14)18/h2-8,10,19H,9H2,1H3. The molecule has 2 aromatic carbocycles. The second kappa shape index (κ2) is 6.02. The highest BCUT2D eigenvalue weighted by Gasteiger charge is 2.09. The number of hydrogen-bond acceptors (Lipinski definition) is 1. The van der Waals surface area contributed by atoms with Crippen LogP contribution in [0.2, 0.25) is 5.02 Å². The normalized spacial score (nSPS) is 12.2. The summed E-state index contributed by atoms with van der Waals surface area (Å²) in [5, 5.41) is 3.16. The third-order valence-corrected chi connectivity index (χ3v) is 3.10. The molecule has 0 saturated heterocycles.